The normalized spacial score (nSPS) is 10.8. The smallest absolute Gasteiger partial charge is 0.167 e. The van der Waals surface area contributed by atoms with Gasteiger partial charge in [-0.3, -0.25) is 9.59 Å². The quantitative estimate of drug-likeness (QED) is 0.655. The van der Waals surface area contributed by atoms with Gasteiger partial charge in [0.1, 0.15) is 0 Å². The molecule has 1 aromatic carbocycles. The van der Waals surface area contributed by atoms with Crippen molar-refractivity contribution in [3.8, 4) is 0 Å². The lowest BCUT2D eigenvalue weighted by atomic mass is 10.00. The van der Waals surface area contributed by atoms with Crippen LogP contribution in [0.15, 0.2) is 61.2 Å². The summed E-state index contributed by atoms with van der Waals surface area (Å²) in [5.74, 6) is 0.117. The number of rotatable bonds is 6. The number of Topliss-reactive ketones (excluding diaryl/α,β-unsaturated/α-hetero) is 2. The first-order valence-corrected chi connectivity index (χ1v) is 7.89. The van der Waals surface area contributed by atoms with Crippen molar-refractivity contribution < 1.29 is 9.59 Å². The molecule has 0 saturated carbocycles. The van der Waals surface area contributed by atoms with Crippen molar-refractivity contribution >= 4 is 11.6 Å². The molecule has 3 rings (SSSR count). The zero-order valence-electron chi connectivity index (χ0n) is 13.9. The summed E-state index contributed by atoms with van der Waals surface area (Å²) in [6, 6.07) is 10.8. The number of ketones is 2. The molecule has 0 N–H and O–H groups in total. The van der Waals surface area contributed by atoms with Gasteiger partial charge in [-0.1, -0.05) is 24.3 Å². The Bertz CT molecular complexity index is 796. The minimum absolute atomic E-state index is 0.0586. The summed E-state index contributed by atoms with van der Waals surface area (Å²) in [6.07, 6.45) is 8.48. The van der Waals surface area contributed by atoms with E-state index in [2.05, 4.69) is 0 Å². The second-order valence-corrected chi connectivity index (χ2v) is 6.15. The van der Waals surface area contributed by atoms with Crippen LogP contribution in [0.3, 0.4) is 0 Å². The third kappa shape index (κ3) is 3.71. The van der Waals surface area contributed by atoms with E-state index in [1.165, 1.54) is 0 Å². The van der Waals surface area contributed by atoms with Crippen LogP contribution in [-0.2, 0) is 26.9 Å². The third-order valence-electron chi connectivity index (χ3n) is 4.04. The Labute approximate surface area is 141 Å². The topological polar surface area (TPSA) is 44.0 Å². The minimum atomic E-state index is 0.0586. The standard InChI is InChI=1S/C20H20N2O2/c1-21-9-7-15(13-21)11-19(23)17-3-5-18(6-4-17)20(24)12-16-8-10-22(2)14-16/h3-10,13-14H,11-12H2,1-2H3. The zero-order chi connectivity index (χ0) is 17.1. The molecule has 0 bridgehead atoms. The van der Waals surface area contributed by atoms with Gasteiger partial charge in [0.15, 0.2) is 11.6 Å². The summed E-state index contributed by atoms with van der Waals surface area (Å²) in [5.41, 5.74) is 3.25. The van der Waals surface area contributed by atoms with Gasteiger partial charge < -0.3 is 9.13 Å². The van der Waals surface area contributed by atoms with Crippen LogP contribution < -0.4 is 0 Å². The average molecular weight is 320 g/mol. The molecule has 3 aromatic rings. The van der Waals surface area contributed by atoms with Gasteiger partial charge in [-0.15, -0.1) is 0 Å². The maximum absolute atomic E-state index is 12.3. The van der Waals surface area contributed by atoms with Gasteiger partial charge in [0.2, 0.25) is 0 Å². The van der Waals surface area contributed by atoms with Crippen LogP contribution in [0.25, 0.3) is 0 Å². The van der Waals surface area contributed by atoms with Gasteiger partial charge in [-0.05, 0) is 23.3 Å². The predicted octanol–water partition coefficient (Wildman–Crippen LogP) is 3.21. The highest BCUT2D eigenvalue weighted by Crippen LogP contribution is 2.12. The Morgan fingerprint density at radius 3 is 1.38 bits per heavy atom. The van der Waals surface area contributed by atoms with Crippen LogP contribution in [-0.4, -0.2) is 20.7 Å². The van der Waals surface area contributed by atoms with Crippen LogP contribution in [0.4, 0.5) is 0 Å². The van der Waals surface area contributed by atoms with E-state index in [0.717, 1.165) is 11.1 Å². The highest BCUT2D eigenvalue weighted by atomic mass is 16.1. The van der Waals surface area contributed by atoms with E-state index in [9.17, 15) is 9.59 Å². The largest absolute Gasteiger partial charge is 0.357 e. The molecule has 24 heavy (non-hydrogen) atoms. The van der Waals surface area contributed by atoms with Crippen molar-refractivity contribution in [3.63, 3.8) is 0 Å². The summed E-state index contributed by atoms with van der Waals surface area (Å²) in [4.78, 5) is 24.6. The van der Waals surface area contributed by atoms with Crippen molar-refractivity contribution in [2.24, 2.45) is 14.1 Å². The van der Waals surface area contributed by atoms with Crippen molar-refractivity contribution in [2.75, 3.05) is 0 Å². The number of carbonyl (C=O) groups is 2. The number of aromatic nitrogens is 2. The second-order valence-electron chi connectivity index (χ2n) is 6.15. The molecule has 122 valence electrons. The third-order valence-corrected chi connectivity index (χ3v) is 4.04. The molecule has 0 aliphatic rings. The molecule has 0 atom stereocenters. The summed E-state index contributed by atoms with van der Waals surface area (Å²) in [7, 11) is 3.86. The van der Waals surface area contributed by atoms with Gasteiger partial charge in [0.05, 0.1) is 0 Å². The molecule has 2 aromatic heterocycles. The van der Waals surface area contributed by atoms with E-state index in [4.69, 9.17) is 0 Å². The Balaban J connectivity index is 1.66. The van der Waals surface area contributed by atoms with Crippen LogP contribution >= 0.6 is 0 Å². The molecule has 0 saturated heterocycles. The SMILES string of the molecule is Cn1ccc(CC(=O)c2ccc(C(=O)Cc3ccn(C)c3)cc2)c1. The van der Waals surface area contributed by atoms with Gasteiger partial charge >= 0.3 is 0 Å². The Morgan fingerprint density at radius 2 is 1.08 bits per heavy atom. The van der Waals surface area contributed by atoms with Crippen LogP contribution in [0.5, 0.6) is 0 Å². The summed E-state index contributed by atoms with van der Waals surface area (Å²) < 4.78 is 3.85. The first kappa shape index (κ1) is 16.0. The highest BCUT2D eigenvalue weighted by Gasteiger charge is 2.11. The van der Waals surface area contributed by atoms with E-state index in [1.807, 2.05) is 60.1 Å². The molecule has 0 aliphatic carbocycles. The fourth-order valence-corrected chi connectivity index (χ4v) is 2.75. The van der Waals surface area contributed by atoms with Gasteiger partial charge in [0, 0.05) is 62.9 Å². The van der Waals surface area contributed by atoms with Crippen LogP contribution in [0.2, 0.25) is 0 Å². The number of nitrogens with zero attached hydrogens (tertiary/aromatic N) is 2. The molecule has 0 spiro atoms. The van der Waals surface area contributed by atoms with Crippen LogP contribution in [0, 0.1) is 0 Å². The molecule has 0 radical (unpaired) electrons. The van der Waals surface area contributed by atoms with E-state index in [0.29, 0.717) is 24.0 Å². The predicted molar refractivity (Wildman–Crippen MR) is 93.3 cm³/mol. The number of benzene rings is 1. The zero-order valence-corrected chi connectivity index (χ0v) is 13.9. The molecule has 0 unspecified atom stereocenters. The summed E-state index contributed by atoms with van der Waals surface area (Å²) in [6.45, 7) is 0. The Hall–Kier alpha value is -2.88. The molecule has 0 fully saturated rings. The Morgan fingerprint density at radius 1 is 0.708 bits per heavy atom. The fourth-order valence-electron chi connectivity index (χ4n) is 2.75. The summed E-state index contributed by atoms with van der Waals surface area (Å²) >= 11 is 0. The van der Waals surface area contributed by atoms with E-state index >= 15 is 0 Å². The lowest BCUT2D eigenvalue weighted by Gasteiger charge is -2.03. The van der Waals surface area contributed by atoms with Crippen molar-refractivity contribution in [1.82, 2.24) is 9.13 Å². The van der Waals surface area contributed by atoms with Crippen molar-refractivity contribution in [1.29, 1.82) is 0 Å². The maximum Gasteiger partial charge on any atom is 0.167 e. The first-order chi connectivity index (χ1) is 11.5. The van der Waals surface area contributed by atoms with E-state index < -0.39 is 0 Å². The number of hydrogen-bond acceptors (Lipinski definition) is 2. The molecular formula is C20H20N2O2. The van der Waals surface area contributed by atoms with E-state index in [1.54, 1.807) is 24.3 Å². The molecule has 2 heterocycles. The number of aryl methyl sites for hydroxylation is 2. The van der Waals surface area contributed by atoms with Crippen molar-refractivity contribution in [3.05, 3.63) is 83.4 Å². The number of carbonyl (C=O) groups excluding carboxylic acids is 2. The van der Waals surface area contributed by atoms with Crippen LogP contribution in [0.1, 0.15) is 31.8 Å². The molecular weight excluding hydrogens is 300 g/mol. The Kier molecular flexibility index (Phi) is 4.47. The second kappa shape index (κ2) is 6.71. The van der Waals surface area contributed by atoms with Gasteiger partial charge in [-0.2, -0.15) is 0 Å². The fraction of sp³-hybridized carbons (Fsp3) is 0.200. The lowest BCUT2D eigenvalue weighted by Crippen LogP contribution is -2.06. The molecule has 0 amide bonds. The lowest BCUT2D eigenvalue weighted by molar-refractivity contribution is 0.0981. The van der Waals surface area contributed by atoms with E-state index in [-0.39, 0.29) is 11.6 Å². The monoisotopic (exact) mass is 320 g/mol. The maximum atomic E-state index is 12.3. The number of hydrogen-bond donors (Lipinski definition) is 0. The minimum Gasteiger partial charge on any atom is -0.357 e. The molecule has 4 heteroatoms. The van der Waals surface area contributed by atoms with Gasteiger partial charge in [-0.25, -0.2) is 0 Å². The average Bonchev–Trinajstić information content (AvgIpc) is 3.15. The highest BCUT2D eigenvalue weighted by molar-refractivity contribution is 6.00. The summed E-state index contributed by atoms with van der Waals surface area (Å²) in [5, 5.41) is 0. The molecule has 4 nitrogen and oxygen atoms in total. The first-order valence-electron chi connectivity index (χ1n) is 7.89. The molecule has 0 aliphatic heterocycles. The van der Waals surface area contributed by atoms with Gasteiger partial charge in [0.25, 0.3) is 0 Å². The van der Waals surface area contributed by atoms with Crippen molar-refractivity contribution in [2.45, 2.75) is 12.8 Å².